The molecular formula is C10H12N4S. The Kier molecular flexibility index (Phi) is 2.64. The molecule has 0 saturated carbocycles. The summed E-state index contributed by atoms with van der Waals surface area (Å²) < 4.78 is 1.98. The Bertz CT molecular complexity index is 503. The third-order valence-electron chi connectivity index (χ3n) is 2.32. The third kappa shape index (κ3) is 1.97. The predicted molar refractivity (Wildman–Crippen MR) is 63.6 cm³/mol. The predicted octanol–water partition coefficient (Wildman–Crippen LogP) is 1.19. The maximum atomic E-state index is 5.46. The Balaban J connectivity index is 2.36. The zero-order valence-corrected chi connectivity index (χ0v) is 9.29. The summed E-state index contributed by atoms with van der Waals surface area (Å²) in [4.78, 5) is 9.26. The molecule has 0 aliphatic heterocycles. The van der Waals surface area contributed by atoms with Gasteiger partial charge in [0.25, 0.3) is 0 Å². The molecule has 78 valence electrons. The lowest BCUT2D eigenvalue weighted by atomic mass is 10.3. The van der Waals surface area contributed by atoms with Crippen molar-refractivity contribution < 1.29 is 0 Å². The summed E-state index contributed by atoms with van der Waals surface area (Å²) in [6.45, 7) is 0. The van der Waals surface area contributed by atoms with E-state index < -0.39 is 0 Å². The van der Waals surface area contributed by atoms with Crippen LogP contribution in [0, 0.1) is 0 Å². The van der Waals surface area contributed by atoms with Gasteiger partial charge in [0.2, 0.25) is 0 Å². The van der Waals surface area contributed by atoms with Crippen molar-refractivity contribution in [3.8, 4) is 0 Å². The van der Waals surface area contributed by atoms with Crippen molar-refractivity contribution >= 4 is 28.4 Å². The fourth-order valence-corrected chi connectivity index (χ4v) is 1.63. The zero-order valence-electron chi connectivity index (χ0n) is 8.47. The van der Waals surface area contributed by atoms with Crippen LogP contribution in [0.4, 0.5) is 0 Å². The van der Waals surface area contributed by atoms with Gasteiger partial charge < -0.3 is 10.3 Å². The first-order chi connectivity index (χ1) is 7.18. The number of aryl methyl sites for hydroxylation is 2. The average molecular weight is 220 g/mol. The topological polar surface area (TPSA) is 56.7 Å². The molecule has 0 aliphatic rings. The summed E-state index contributed by atoms with van der Waals surface area (Å²) in [6.07, 6.45) is 3.22. The Hall–Kier alpha value is -1.49. The largest absolute Gasteiger partial charge is 0.393 e. The lowest BCUT2D eigenvalue weighted by Crippen LogP contribution is -2.10. The molecule has 5 heteroatoms. The summed E-state index contributed by atoms with van der Waals surface area (Å²) in [5.74, 6) is 0.969. The minimum Gasteiger partial charge on any atom is -0.393 e. The van der Waals surface area contributed by atoms with Gasteiger partial charge in [-0.25, -0.2) is 9.97 Å². The molecule has 0 spiro atoms. The monoisotopic (exact) mass is 220 g/mol. The number of rotatable bonds is 3. The van der Waals surface area contributed by atoms with E-state index in [1.807, 2.05) is 23.7 Å². The van der Waals surface area contributed by atoms with E-state index in [2.05, 4.69) is 9.97 Å². The normalized spacial score (nSPS) is 10.7. The number of hydrogen-bond donors (Lipinski definition) is 1. The molecule has 2 aromatic heterocycles. The number of nitrogens with zero attached hydrogens (tertiary/aromatic N) is 3. The molecule has 2 N–H and O–H groups in total. The Labute approximate surface area is 93.1 Å². The standard InChI is InChI=1S/C10H12N4S/c1-14-9(5-4-8(11)15)13-7-3-2-6-12-10(7)14/h2-3,6H,4-5H2,1H3,(H2,11,15). The molecule has 0 unspecified atom stereocenters. The maximum absolute atomic E-state index is 5.46. The molecule has 2 heterocycles. The molecule has 0 amide bonds. The molecule has 2 rings (SSSR count). The van der Waals surface area contributed by atoms with Crippen LogP contribution in [0.5, 0.6) is 0 Å². The van der Waals surface area contributed by atoms with Crippen LogP contribution in [-0.4, -0.2) is 19.5 Å². The molecule has 0 aromatic carbocycles. The fourth-order valence-electron chi connectivity index (χ4n) is 1.53. The first kappa shape index (κ1) is 10.0. The van der Waals surface area contributed by atoms with E-state index in [-0.39, 0.29) is 0 Å². The van der Waals surface area contributed by atoms with Gasteiger partial charge in [-0.15, -0.1) is 0 Å². The average Bonchev–Trinajstić information content (AvgIpc) is 2.54. The zero-order chi connectivity index (χ0) is 10.8. The Morgan fingerprint density at radius 1 is 1.60 bits per heavy atom. The number of aromatic nitrogens is 3. The number of fused-ring (bicyclic) bond motifs is 1. The molecule has 0 aliphatic carbocycles. The van der Waals surface area contributed by atoms with Gasteiger partial charge in [0.1, 0.15) is 11.3 Å². The minimum atomic E-state index is 0.523. The molecule has 0 atom stereocenters. The second-order valence-corrected chi connectivity index (χ2v) is 3.92. The van der Waals surface area contributed by atoms with E-state index >= 15 is 0 Å². The van der Waals surface area contributed by atoms with Gasteiger partial charge in [0.15, 0.2) is 5.65 Å². The van der Waals surface area contributed by atoms with Crippen molar-refractivity contribution in [3.63, 3.8) is 0 Å². The van der Waals surface area contributed by atoms with Crippen LogP contribution in [0.2, 0.25) is 0 Å². The van der Waals surface area contributed by atoms with Crippen LogP contribution in [0.1, 0.15) is 12.2 Å². The van der Waals surface area contributed by atoms with E-state index in [0.29, 0.717) is 11.4 Å². The molecule has 2 aromatic rings. The van der Waals surface area contributed by atoms with E-state index in [0.717, 1.165) is 23.4 Å². The van der Waals surface area contributed by atoms with Gasteiger partial charge in [-0.2, -0.15) is 0 Å². The quantitative estimate of drug-likeness (QED) is 0.789. The van der Waals surface area contributed by atoms with Crippen LogP contribution >= 0.6 is 12.2 Å². The molecule has 0 saturated heterocycles. The SMILES string of the molecule is Cn1c(CCC(N)=S)nc2cccnc21. The van der Waals surface area contributed by atoms with Gasteiger partial charge in [-0.1, -0.05) is 12.2 Å². The molecular weight excluding hydrogens is 208 g/mol. The van der Waals surface area contributed by atoms with Crippen LogP contribution in [0.3, 0.4) is 0 Å². The summed E-state index contributed by atoms with van der Waals surface area (Å²) in [6, 6.07) is 3.83. The smallest absolute Gasteiger partial charge is 0.159 e. The lowest BCUT2D eigenvalue weighted by molar-refractivity contribution is 0.802. The number of hydrogen-bond acceptors (Lipinski definition) is 3. The highest BCUT2D eigenvalue weighted by molar-refractivity contribution is 7.80. The Morgan fingerprint density at radius 2 is 2.40 bits per heavy atom. The summed E-state index contributed by atoms with van der Waals surface area (Å²) in [5, 5.41) is 0. The Morgan fingerprint density at radius 3 is 3.07 bits per heavy atom. The van der Waals surface area contributed by atoms with Crippen molar-refractivity contribution in [3.05, 3.63) is 24.2 Å². The number of nitrogens with two attached hydrogens (primary N) is 1. The van der Waals surface area contributed by atoms with Gasteiger partial charge in [-0.3, -0.25) is 0 Å². The van der Waals surface area contributed by atoms with Gasteiger partial charge in [0.05, 0.1) is 4.99 Å². The lowest BCUT2D eigenvalue weighted by Gasteiger charge is -2.00. The van der Waals surface area contributed by atoms with Crippen molar-refractivity contribution in [2.75, 3.05) is 0 Å². The highest BCUT2D eigenvalue weighted by atomic mass is 32.1. The summed E-state index contributed by atoms with van der Waals surface area (Å²) in [5.41, 5.74) is 7.28. The molecule has 0 bridgehead atoms. The highest BCUT2D eigenvalue weighted by Gasteiger charge is 2.07. The van der Waals surface area contributed by atoms with E-state index in [1.165, 1.54) is 0 Å². The van der Waals surface area contributed by atoms with Crippen LogP contribution in [-0.2, 0) is 13.5 Å². The second kappa shape index (κ2) is 3.94. The number of imidazole rings is 1. The first-order valence-electron chi connectivity index (χ1n) is 4.73. The van der Waals surface area contributed by atoms with Crippen LogP contribution < -0.4 is 5.73 Å². The van der Waals surface area contributed by atoms with E-state index in [1.54, 1.807) is 6.20 Å². The van der Waals surface area contributed by atoms with E-state index in [9.17, 15) is 0 Å². The maximum Gasteiger partial charge on any atom is 0.159 e. The number of pyridine rings is 1. The van der Waals surface area contributed by atoms with Gasteiger partial charge in [0, 0.05) is 26.1 Å². The first-order valence-corrected chi connectivity index (χ1v) is 5.14. The molecule has 0 radical (unpaired) electrons. The van der Waals surface area contributed by atoms with Crippen molar-refractivity contribution in [2.45, 2.75) is 12.8 Å². The molecule has 0 fully saturated rings. The van der Waals surface area contributed by atoms with Crippen molar-refractivity contribution in [1.82, 2.24) is 14.5 Å². The second-order valence-electron chi connectivity index (χ2n) is 3.40. The molecule has 15 heavy (non-hydrogen) atoms. The third-order valence-corrected chi connectivity index (χ3v) is 2.52. The van der Waals surface area contributed by atoms with Gasteiger partial charge >= 0.3 is 0 Å². The van der Waals surface area contributed by atoms with Crippen LogP contribution in [0.25, 0.3) is 11.2 Å². The van der Waals surface area contributed by atoms with Crippen LogP contribution in [0.15, 0.2) is 18.3 Å². The number of thiocarbonyl (C=S) groups is 1. The van der Waals surface area contributed by atoms with Crippen molar-refractivity contribution in [2.24, 2.45) is 12.8 Å². The summed E-state index contributed by atoms with van der Waals surface area (Å²) >= 11 is 4.84. The highest BCUT2D eigenvalue weighted by Crippen LogP contribution is 2.12. The van der Waals surface area contributed by atoms with Gasteiger partial charge in [-0.05, 0) is 12.1 Å². The van der Waals surface area contributed by atoms with Crippen molar-refractivity contribution in [1.29, 1.82) is 0 Å². The summed E-state index contributed by atoms with van der Waals surface area (Å²) in [7, 11) is 1.96. The van der Waals surface area contributed by atoms with E-state index in [4.69, 9.17) is 18.0 Å². The minimum absolute atomic E-state index is 0.523. The molecule has 4 nitrogen and oxygen atoms in total. The fraction of sp³-hybridized carbons (Fsp3) is 0.300.